The van der Waals surface area contributed by atoms with Crippen molar-refractivity contribution >= 4 is 10.1 Å². The lowest BCUT2D eigenvalue weighted by Crippen LogP contribution is -2.10. The van der Waals surface area contributed by atoms with Crippen LogP contribution in [0.15, 0.2) is 30.3 Å². The van der Waals surface area contributed by atoms with Crippen LogP contribution in [0.5, 0.6) is 0 Å². The molecule has 1 aromatic carbocycles. The van der Waals surface area contributed by atoms with Crippen molar-refractivity contribution in [3.05, 3.63) is 35.9 Å². The molecule has 0 amide bonds. The third-order valence-electron chi connectivity index (χ3n) is 1.90. The maximum Gasteiger partial charge on any atom is 0.271 e. The summed E-state index contributed by atoms with van der Waals surface area (Å²) in [5.41, 5.74) is 0.632. The zero-order valence-corrected chi connectivity index (χ0v) is 8.16. The molecule has 1 N–H and O–H groups in total. The van der Waals surface area contributed by atoms with E-state index in [9.17, 15) is 8.42 Å². The van der Waals surface area contributed by atoms with Crippen LogP contribution in [0, 0.1) is 0 Å². The fraction of sp³-hybridized carbons (Fsp3) is 0.333. The average molecular weight is 200 g/mol. The molecule has 0 aromatic heterocycles. The molecule has 13 heavy (non-hydrogen) atoms. The predicted octanol–water partition coefficient (Wildman–Crippen LogP) is 2.03. The predicted molar refractivity (Wildman–Crippen MR) is 51.0 cm³/mol. The second kappa shape index (κ2) is 3.89. The fourth-order valence-electron chi connectivity index (χ4n) is 1.29. The van der Waals surface area contributed by atoms with Crippen LogP contribution in [-0.4, -0.2) is 13.0 Å². The molecule has 1 aromatic rings. The van der Waals surface area contributed by atoms with Gasteiger partial charge >= 0.3 is 0 Å². The van der Waals surface area contributed by atoms with E-state index in [1.807, 2.05) is 0 Å². The third kappa shape index (κ3) is 2.54. The van der Waals surface area contributed by atoms with Crippen LogP contribution in [-0.2, 0) is 10.1 Å². The van der Waals surface area contributed by atoms with Gasteiger partial charge in [-0.2, -0.15) is 8.42 Å². The van der Waals surface area contributed by atoms with Gasteiger partial charge in [-0.05, 0) is 12.0 Å². The molecule has 0 saturated carbocycles. The van der Waals surface area contributed by atoms with Gasteiger partial charge < -0.3 is 0 Å². The van der Waals surface area contributed by atoms with E-state index in [2.05, 4.69) is 0 Å². The van der Waals surface area contributed by atoms with Gasteiger partial charge in [0, 0.05) is 0 Å². The summed E-state index contributed by atoms with van der Waals surface area (Å²) < 4.78 is 30.7. The summed E-state index contributed by atoms with van der Waals surface area (Å²) in [4.78, 5) is 0. The van der Waals surface area contributed by atoms with E-state index in [4.69, 9.17) is 4.55 Å². The first-order valence-corrected chi connectivity index (χ1v) is 5.57. The molecule has 3 nitrogen and oxygen atoms in total. The second-order valence-electron chi connectivity index (χ2n) is 2.82. The standard InChI is InChI=1S/C9H12O3S/c1-2-9(13(10,11)12)8-6-4-3-5-7-8/h3-7,9H,2H2,1H3,(H,10,11,12). The Labute approximate surface area is 78.2 Å². The molecule has 0 fully saturated rings. The van der Waals surface area contributed by atoms with Gasteiger partial charge in [-0.25, -0.2) is 0 Å². The Morgan fingerprint density at radius 1 is 1.31 bits per heavy atom. The molecule has 0 bridgehead atoms. The van der Waals surface area contributed by atoms with Crippen molar-refractivity contribution in [2.75, 3.05) is 0 Å². The maximum atomic E-state index is 10.9. The minimum atomic E-state index is -3.97. The van der Waals surface area contributed by atoms with E-state index in [0.717, 1.165) is 0 Å². The summed E-state index contributed by atoms with van der Waals surface area (Å²) in [7, 11) is -3.97. The van der Waals surface area contributed by atoms with E-state index in [1.54, 1.807) is 37.3 Å². The van der Waals surface area contributed by atoms with E-state index in [0.29, 0.717) is 12.0 Å². The highest BCUT2D eigenvalue weighted by molar-refractivity contribution is 7.86. The Kier molecular flexibility index (Phi) is 3.06. The van der Waals surface area contributed by atoms with Gasteiger partial charge in [0.05, 0.1) is 0 Å². The SMILES string of the molecule is CCC(c1ccccc1)S(=O)(=O)O. The van der Waals surface area contributed by atoms with Gasteiger partial charge in [0.25, 0.3) is 10.1 Å². The van der Waals surface area contributed by atoms with E-state index >= 15 is 0 Å². The summed E-state index contributed by atoms with van der Waals surface area (Å²) in [5, 5.41) is -0.798. The number of benzene rings is 1. The van der Waals surface area contributed by atoms with E-state index in [1.165, 1.54) is 0 Å². The molecule has 1 rings (SSSR count). The number of hydrogen-bond acceptors (Lipinski definition) is 2. The topological polar surface area (TPSA) is 54.4 Å². The number of rotatable bonds is 3. The molecule has 0 radical (unpaired) electrons. The van der Waals surface area contributed by atoms with Crippen molar-refractivity contribution in [2.45, 2.75) is 18.6 Å². The van der Waals surface area contributed by atoms with Gasteiger partial charge in [-0.15, -0.1) is 0 Å². The minimum Gasteiger partial charge on any atom is -0.285 e. The summed E-state index contributed by atoms with van der Waals surface area (Å²) in [6, 6.07) is 8.70. The average Bonchev–Trinajstić information content (AvgIpc) is 2.05. The minimum absolute atomic E-state index is 0.378. The molecule has 0 saturated heterocycles. The van der Waals surface area contributed by atoms with Crippen molar-refractivity contribution in [3.63, 3.8) is 0 Å². The second-order valence-corrected chi connectivity index (χ2v) is 4.42. The highest BCUT2D eigenvalue weighted by Crippen LogP contribution is 2.23. The molecule has 1 atom stereocenters. The Hall–Kier alpha value is -0.870. The lowest BCUT2D eigenvalue weighted by atomic mass is 10.1. The zero-order valence-electron chi connectivity index (χ0n) is 7.34. The van der Waals surface area contributed by atoms with Crippen LogP contribution < -0.4 is 0 Å². The first-order chi connectivity index (χ1) is 6.05. The lowest BCUT2D eigenvalue weighted by Gasteiger charge is -2.10. The monoisotopic (exact) mass is 200 g/mol. The molecule has 0 aliphatic rings. The van der Waals surface area contributed by atoms with Crippen LogP contribution in [0.1, 0.15) is 24.2 Å². The van der Waals surface area contributed by atoms with Gasteiger partial charge in [-0.3, -0.25) is 4.55 Å². The normalized spacial score (nSPS) is 14.0. The zero-order chi connectivity index (χ0) is 9.90. The highest BCUT2D eigenvalue weighted by Gasteiger charge is 2.22. The van der Waals surface area contributed by atoms with Crippen LogP contribution in [0.2, 0.25) is 0 Å². The first-order valence-electron chi connectivity index (χ1n) is 4.07. The van der Waals surface area contributed by atoms with Crippen molar-refractivity contribution in [1.82, 2.24) is 0 Å². The molecule has 0 aliphatic carbocycles. The van der Waals surface area contributed by atoms with Crippen LogP contribution in [0.25, 0.3) is 0 Å². The molecule has 0 spiro atoms. The first kappa shape index (κ1) is 10.2. The van der Waals surface area contributed by atoms with E-state index < -0.39 is 15.4 Å². The van der Waals surface area contributed by atoms with Gasteiger partial charge in [0.2, 0.25) is 0 Å². The van der Waals surface area contributed by atoms with Crippen LogP contribution in [0.3, 0.4) is 0 Å². The van der Waals surface area contributed by atoms with Gasteiger partial charge in [-0.1, -0.05) is 37.3 Å². The van der Waals surface area contributed by atoms with Crippen molar-refractivity contribution in [3.8, 4) is 0 Å². The molecular weight excluding hydrogens is 188 g/mol. The Morgan fingerprint density at radius 3 is 2.23 bits per heavy atom. The van der Waals surface area contributed by atoms with Crippen LogP contribution >= 0.6 is 0 Å². The van der Waals surface area contributed by atoms with Crippen LogP contribution in [0.4, 0.5) is 0 Å². The van der Waals surface area contributed by atoms with Crippen molar-refractivity contribution in [1.29, 1.82) is 0 Å². The summed E-state index contributed by atoms with van der Waals surface area (Å²) in [6.45, 7) is 1.73. The maximum absolute atomic E-state index is 10.9. The quantitative estimate of drug-likeness (QED) is 0.759. The molecule has 4 heteroatoms. The molecule has 0 aliphatic heterocycles. The summed E-state index contributed by atoms with van der Waals surface area (Å²) >= 11 is 0. The smallest absolute Gasteiger partial charge is 0.271 e. The largest absolute Gasteiger partial charge is 0.285 e. The Bertz CT molecular complexity index is 356. The van der Waals surface area contributed by atoms with E-state index in [-0.39, 0.29) is 0 Å². The molecular formula is C9H12O3S. The van der Waals surface area contributed by atoms with Crippen molar-refractivity contribution in [2.24, 2.45) is 0 Å². The fourth-order valence-corrected chi connectivity index (χ4v) is 2.21. The lowest BCUT2D eigenvalue weighted by molar-refractivity contribution is 0.466. The summed E-state index contributed by atoms with van der Waals surface area (Å²) in [5.74, 6) is 0. The molecule has 72 valence electrons. The van der Waals surface area contributed by atoms with Gasteiger partial charge in [0.1, 0.15) is 5.25 Å². The number of hydrogen-bond donors (Lipinski definition) is 1. The van der Waals surface area contributed by atoms with Gasteiger partial charge in [0.15, 0.2) is 0 Å². The Morgan fingerprint density at radius 2 is 1.85 bits per heavy atom. The van der Waals surface area contributed by atoms with Crippen molar-refractivity contribution < 1.29 is 13.0 Å². The molecule has 1 unspecified atom stereocenters. The molecule has 0 heterocycles. The Balaban J connectivity index is 3.06. The third-order valence-corrected chi connectivity index (χ3v) is 3.23. The highest BCUT2D eigenvalue weighted by atomic mass is 32.2. The summed E-state index contributed by atoms with van der Waals surface area (Å²) in [6.07, 6.45) is 0.378.